The average Bonchev–Trinajstić information content (AvgIpc) is 2.77. The van der Waals surface area contributed by atoms with Crippen molar-refractivity contribution in [2.75, 3.05) is 10.8 Å². The molecule has 0 aliphatic carbocycles. The van der Waals surface area contributed by atoms with Crippen molar-refractivity contribution in [3.63, 3.8) is 0 Å². The van der Waals surface area contributed by atoms with Crippen molar-refractivity contribution in [3.05, 3.63) is 52.5 Å². The van der Waals surface area contributed by atoms with E-state index >= 15 is 0 Å². The summed E-state index contributed by atoms with van der Waals surface area (Å²) in [6, 6.07) is 8.29. The van der Waals surface area contributed by atoms with E-state index in [9.17, 15) is 31.2 Å². The minimum Gasteiger partial charge on any atom is -0.486 e. The summed E-state index contributed by atoms with van der Waals surface area (Å²) in [7, 11) is -4.22. The first-order valence-corrected chi connectivity index (χ1v) is 12.9. The van der Waals surface area contributed by atoms with E-state index in [-0.39, 0.29) is 46.3 Å². The van der Waals surface area contributed by atoms with Gasteiger partial charge in [-0.15, -0.1) is 0 Å². The van der Waals surface area contributed by atoms with Gasteiger partial charge in [0.1, 0.15) is 11.9 Å². The fourth-order valence-corrected chi connectivity index (χ4v) is 5.31. The Labute approximate surface area is 217 Å². The molecule has 0 saturated heterocycles. The van der Waals surface area contributed by atoms with Crippen molar-refractivity contribution >= 4 is 39.3 Å². The zero-order valence-electron chi connectivity index (χ0n) is 20.1. The monoisotopic (exact) mass is 563 g/mol. The molecule has 1 aliphatic rings. The molecule has 1 aliphatic heterocycles. The number of alkyl halides is 3. The molecule has 1 atom stereocenters. The minimum absolute atomic E-state index is 0.0239. The number of hydrogen-bond acceptors (Lipinski definition) is 6. The van der Waals surface area contributed by atoms with Crippen LogP contribution in [-0.4, -0.2) is 49.9 Å². The lowest BCUT2D eigenvalue weighted by Crippen LogP contribution is -2.44. The highest BCUT2D eigenvalue weighted by atomic mass is 35.5. The van der Waals surface area contributed by atoms with Gasteiger partial charge in [-0.3, -0.25) is 13.9 Å². The zero-order chi connectivity index (χ0) is 27.8. The molecule has 0 unspecified atom stereocenters. The van der Waals surface area contributed by atoms with E-state index in [0.29, 0.717) is 5.56 Å². The standard InChI is InChI=1S/C24H25ClF3NO7S/c1-14-4-7-17(12-18(14)25)37(33,34)29-13-16(6-9-21(30)31)35-20-8-5-15(10-19(20)29)11-22(32)36-23(2,3)24(26,27)28/h4-5,7-8,10,12,16H,6,9,11,13H2,1-3H3,(H,30,31)/t16-/m0/s1. The Balaban J connectivity index is 1.97. The molecule has 8 nitrogen and oxygen atoms in total. The molecule has 3 rings (SSSR count). The fraction of sp³-hybridized carbons (Fsp3) is 0.417. The van der Waals surface area contributed by atoms with Gasteiger partial charge in [0.2, 0.25) is 5.60 Å². The minimum atomic E-state index is -4.78. The van der Waals surface area contributed by atoms with Gasteiger partial charge in [-0.2, -0.15) is 13.2 Å². The zero-order valence-corrected chi connectivity index (χ0v) is 21.7. The second-order valence-corrected chi connectivity index (χ2v) is 11.3. The number of hydrogen-bond donors (Lipinski definition) is 1. The van der Waals surface area contributed by atoms with Crippen LogP contribution in [0.25, 0.3) is 0 Å². The van der Waals surface area contributed by atoms with Crippen molar-refractivity contribution in [1.82, 2.24) is 0 Å². The predicted octanol–water partition coefficient (Wildman–Crippen LogP) is 4.90. The summed E-state index contributed by atoms with van der Waals surface area (Å²) in [4.78, 5) is 23.2. The van der Waals surface area contributed by atoms with E-state index < -0.39 is 46.3 Å². The molecule has 202 valence electrons. The summed E-state index contributed by atoms with van der Waals surface area (Å²) in [6.07, 6.45) is -6.36. The Morgan fingerprint density at radius 2 is 1.86 bits per heavy atom. The highest BCUT2D eigenvalue weighted by Gasteiger charge is 2.50. The van der Waals surface area contributed by atoms with E-state index in [1.165, 1.54) is 36.4 Å². The highest BCUT2D eigenvalue weighted by Crippen LogP contribution is 2.39. The lowest BCUT2D eigenvalue weighted by Gasteiger charge is -2.36. The Hall–Kier alpha value is -2.99. The molecule has 0 fully saturated rings. The molecule has 0 saturated carbocycles. The number of sulfonamides is 1. The molecule has 2 aromatic carbocycles. The number of carbonyl (C=O) groups excluding carboxylic acids is 1. The van der Waals surface area contributed by atoms with Gasteiger partial charge in [-0.25, -0.2) is 8.42 Å². The first-order valence-electron chi connectivity index (χ1n) is 11.1. The number of halogens is 4. The van der Waals surface area contributed by atoms with E-state index in [0.717, 1.165) is 18.2 Å². The second kappa shape index (κ2) is 10.4. The number of fused-ring (bicyclic) bond motifs is 1. The number of carbonyl (C=O) groups is 2. The number of aliphatic carboxylic acids is 1. The third-order valence-electron chi connectivity index (χ3n) is 5.77. The summed E-state index contributed by atoms with van der Waals surface area (Å²) in [5.74, 6) is -2.13. The van der Waals surface area contributed by atoms with Crippen LogP contribution in [0.2, 0.25) is 5.02 Å². The Bertz CT molecular complexity index is 1310. The number of benzene rings is 2. The van der Waals surface area contributed by atoms with Crippen LogP contribution in [0.1, 0.15) is 37.8 Å². The van der Waals surface area contributed by atoms with Crippen LogP contribution < -0.4 is 9.04 Å². The van der Waals surface area contributed by atoms with Gasteiger partial charge in [0, 0.05) is 11.4 Å². The summed E-state index contributed by atoms with van der Waals surface area (Å²) in [5.41, 5.74) is -1.82. The maximum atomic E-state index is 13.6. The van der Waals surface area contributed by atoms with Crippen LogP contribution in [0.15, 0.2) is 41.3 Å². The Morgan fingerprint density at radius 3 is 2.46 bits per heavy atom. The van der Waals surface area contributed by atoms with Crippen LogP contribution >= 0.6 is 11.6 Å². The number of carboxylic acids is 1. The lowest BCUT2D eigenvalue weighted by molar-refractivity contribution is -0.257. The van der Waals surface area contributed by atoms with Crippen LogP contribution in [-0.2, 0) is 30.8 Å². The van der Waals surface area contributed by atoms with Crippen LogP contribution in [0, 0.1) is 6.92 Å². The number of rotatable bonds is 8. The normalized spacial score (nSPS) is 16.1. The van der Waals surface area contributed by atoms with Crippen molar-refractivity contribution < 1.29 is 45.8 Å². The van der Waals surface area contributed by atoms with Gasteiger partial charge >= 0.3 is 18.1 Å². The third kappa shape index (κ3) is 6.48. The molecule has 1 N–H and O–H groups in total. The van der Waals surface area contributed by atoms with Crippen molar-refractivity contribution in [1.29, 1.82) is 0 Å². The average molecular weight is 564 g/mol. The van der Waals surface area contributed by atoms with Gasteiger partial charge in [0.15, 0.2) is 0 Å². The maximum Gasteiger partial charge on any atom is 0.427 e. The number of aryl methyl sites for hydroxylation is 1. The van der Waals surface area contributed by atoms with Crippen molar-refractivity contribution in [2.24, 2.45) is 0 Å². The van der Waals surface area contributed by atoms with Gasteiger partial charge in [-0.1, -0.05) is 23.7 Å². The van der Waals surface area contributed by atoms with E-state index in [1.807, 2.05) is 0 Å². The molecule has 13 heteroatoms. The smallest absolute Gasteiger partial charge is 0.427 e. The number of carboxylic acid groups (broad SMARTS) is 1. The quantitative estimate of drug-likeness (QED) is 0.455. The summed E-state index contributed by atoms with van der Waals surface area (Å²) in [6.45, 7) is 2.92. The molecular weight excluding hydrogens is 539 g/mol. The second-order valence-electron chi connectivity index (χ2n) is 9.08. The van der Waals surface area contributed by atoms with Gasteiger partial charge in [0.05, 0.1) is 23.5 Å². The topological polar surface area (TPSA) is 110 Å². The molecular formula is C24H25ClF3NO7S. The van der Waals surface area contributed by atoms with Gasteiger partial charge in [-0.05, 0) is 62.6 Å². The summed E-state index contributed by atoms with van der Waals surface area (Å²) >= 11 is 6.14. The summed E-state index contributed by atoms with van der Waals surface area (Å²) < 4.78 is 77.9. The molecule has 0 aromatic heterocycles. The molecule has 1 heterocycles. The van der Waals surface area contributed by atoms with Gasteiger partial charge < -0.3 is 14.6 Å². The molecule has 0 bridgehead atoms. The van der Waals surface area contributed by atoms with Crippen molar-refractivity contribution in [2.45, 2.75) is 62.8 Å². The molecule has 0 spiro atoms. The fourth-order valence-electron chi connectivity index (χ4n) is 3.54. The van der Waals surface area contributed by atoms with Crippen LogP contribution in [0.5, 0.6) is 5.75 Å². The first kappa shape index (κ1) is 28.6. The Morgan fingerprint density at radius 1 is 1.19 bits per heavy atom. The van der Waals surface area contributed by atoms with E-state index in [1.54, 1.807) is 6.92 Å². The van der Waals surface area contributed by atoms with E-state index in [4.69, 9.17) is 21.4 Å². The predicted molar refractivity (Wildman–Crippen MR) is 128 cm³/mol. The first-order chi connectivity index (χ1) is 17.0. The van der Waals surface area contributed by atoms with Crippen molar-refractivity contribution in [3.8, 4) is 5.75 Å². The van der Waals surface area contributed by atoms with Gasteiger partial charge in [0.25, 0.3) is 10.0 Å². The number of esters is 1. The lowest BCUT2D eigenvalue weighted by atomic mass is 10.1. The molecule has 0 amide bonds. The number of nitrogens with zero attached hydrogens (tertiary/aromatic N) is 1. The molecule has 2 aromatic rings. The number of ether oxygens (including phenoxy) is 2. The number of anilines is 1. The van der Waals surface area contributed by atoms with Crippen LogP contribution in [0.3, 0.4) is 0 Å². The highest BCUT2D eigenvalue weighted by molar-refractivity contribution is 7.92. The maximum absolute atomic E-state index is 13.6. The molecule has 37 heavy (non-hydrogen) atoms. The SMILES string of the molecule is Cc1ccc(S(=O)(=O)N2C[C@H](CCC(=O)O)Oc3ccc(CC(=O)OC(C)(C)C(F)(F)F)cc32)cc1Cl. The summed E-state index contributed by atoms with van der Waals surface area (Å²) in [5, 5.41) is 9.26. The largest absolute Gasteiger partial charge is 0.486 e. The third-order valence-corrected chi connectivity index (χ3v) is 7.95. The Kier molecular flexibility index (Phi) is 8.04. The molecule has 0 radical (unpaired) electrons. The van der Waals surface area contributed by atoms with E-state index in [2.05, 4.69) is 4.74 Å². The van der Waals surface area contributed by atoms with Crippen LogP contribution in [0.4, 0.5) is 18.9 Å².